The largest absolute Gasteiger partial charge is 0.346 e. The van der Waals surface area contributed by atoms with Gasteiger partial charge in [0.2, 0.25) is 0 Å². The van der Waals surface area contributed by atoms with Crippen molar-refractivity contribution >= 4 is 0 Å². The first-order valence-corrected chi connectivity index (χ1v) is 5.96. The van der Waals surface area contributed by atoms with Gasteiger partial charge in [-0.1, -0.05) is 34.3 Å². The van der Waals surface area contributed by atoms with E-state index in [9.17, 15) is 0 Å². The molecule has 0 N–H and O–H groups in total. The lowest BCUT2D eigenvalue weighted by Gasteiger charge is -2.37. The van der Waals surface area contributed by atoms with Gasteiger partial charge in [0, 0.05) is 6.42 Å². The zero-order chi connectivity index (χ0) is 11.4. The summed E-state index contributed by atoms with van der Waals surface area (Å²) in [7, 11) is 0. The van der Waals surface area contributed by atoms with E-state index in [1.54, 1.807) is 6.08 Å². The van der Waals surface area contributed by atoms with Crippen LogP contribution in [0, 0.1) is 11.8 Å². The second-order valence-electron chi connectivity index (χ2n) is 5.15. The molecule has 0 spiro atoms. The van der Waals surface area contributed by atoms with Gasteiger partial charge in [-0.05, 0) is 24.3 Å². The number of hydrogen-bond acceptors (Lipinski definition) is 2. The van der Waals surface area contributed by atoms with Gasteiger partial charge in [-0.25, -0.2) is 0 Å². The summed E-state index contributed by atoms with van der Waals surface area (Å²) in [5, 5.41) is 0. The van der Waals surface area contributed by atoms with Gasteiger partial charge in [0.25, 0.3) is 0 Å². The van der Waals surface area contributed by atoms with Crippen LogP contribution in [-0.4, -0.2) is 18.5 Å². The summed E-state index contributed by atoms with van der Waals surface area (Å²) in [6, 6.07) is 0. The Bertz CT molecular complexity index is 199. The minimum Gasteiger partial charge on any atom is -0.346 e. The van der Waals surface area contributed by atoms with E-state index in [0.29, 0.717) is 24.0 Å². The second-order valence-corrected chi connectivity index (χ2v) is 5.15. The van der Waals surface area contributed by atoms with Gasteiger partial charge in [0.1, 0.15) is 0 Å². The van der Waals surface area contributed by atoms with Crippen LogP contribution in [0.2, 0.25) is 0 Å². The maximum absolute atomic E-state index is 5.79. The lowest BCUT2D eigenvalue weighted by Crippen LogP contribution is -2.40. The maximum atomic E-state index is 5.79. The van der Waals surface area contributed by atoms with Crippen molar-refractivity contribution in [1.82, 2.24) is 0 Å². The van der Waals surface area contributed by atoms with Crippen molar-refractivity contribution in [1.29, 1.82) is 0 Å². The van der Waals surface area contributed by atoms with Crippen LogP contribution in [0.3, 0.4) is 0 Å². The van der Waals surface area contributed by atoms with E-state index in [1.165, 1.54) is 0 Å². The summed E-state index contributed by atoms with van der Waals surface area (Å²) in [6.45, 7) is 12.6. The monoisotopic (exact) mass is 212 g/mol. The predicted molar refractivity (Wildman–Crippen MR) is 62.6 cm³/mol. The van der Waals surface area contributed by atoms with Crippen LogP contribution in [0.4, 0.5) is 0 Å². The molecule has 88 valence electrons. The van der Waals surface area contributed by atoms with E-state index >= 15 is 0 Å². The average Bonchev–Trinajstić information content (AvgIpc) is 2.16. The van der Waals surface area contributed by atoms with Crippen LogP contribution in [0.5, 0.6) is 0 Å². The SMILES string of the molecule is C=CC1OC(CC(C)C)CC(C(C)C)O1. The second kappa shape index (κ2) is 5.66. The highest BCUT2D eigenvalue weighted by Crippen LogP contribution is 2.27. The lowest BCUT2D eigenvalue weighted by molar-refractivity contribution is -0.231. The Morgan fingerprint density at radius 3 is 2.40 bits per heavy atom. The Balaban J connectivity index is 2.54. The molecule has 0 amide bonds. The highest BCUT2D eigenvalue weighted by molar-refractivity contribution is 4.82. The number of rotatable bonds is 4. The van der Waals surface area contributed by atoms with Gasteiger partial charge in [0.05, 0.1) is 12.2 Å². The molecule has 3 atom stereocenters. The molecule has 15 heavy (non-hydrogen) atoms. The van der Waals surface area contributed by atoms with E-state index in [4.69, 9.17) is 9.47 Å². The minimum absolute atomic E-state index is 0.213. The third kappa shape index (κ3) is 3.96. The lowest BCUT2D eigenvalue weighted by atomic mass is 9.95. The normalized spacial score (nSPS) is 32.3. The van der Waals surface area contributed by atoms with E-state index in [0.717, 1.165) is 12.8 Å². The Labute approximate surface area is 93.7 Å². The molecule has 1 aliphatic heterocycles. The molecule has 2 heteroatoms. The topological polar surface area (TPSA) is 18.5 Å². The van der Waals surface area contributed by atoms with Crippen molar-refractivity contribution in [2.45, 2.75) is 59.0 Å². The molecule has 1 rings (SSSR count). The molecule has 0 bridgehead atoms. The van der Waals surface area contributed by atoms with Gasteiger partial charge in [-0.15, -0.1) is 0 Å². The molecule has 0 saturated carbocycles. The van der Waals surface area contributed by atoms with Gasteiger partial charge in [0.15, 0.2) is 6.29 Å². The van der Waals surface area contributed by atoms with Crippen molar-refractivity contribution in [2.75, 3.05) is 0 Å². The molecule has 1 saturated heterocycles. The summed E-state index contributed by atoms with van der Waals surface area (Å²) in [5.41, 5.74) is 0. The Kier molecular flexibility index (Phi) is 4.81. The van der Waals surface area contributed by atoms with Crippen LogP contribution in [0.15, 0.2) is 12.7 Å². The fourth-order valence-corrected chi connectivity index (χ4v) is 1.98. The third-order valence-electron chi connectivity index (χ3n) is 2.80. The molecular formula is C13H24O2. The Morgan fingerprint density at radius 2 is 1.93 bits per heavy atom. The molecule has 0 aromatic rings. The van der Waals surface area contributed by atoms with Crippen LogP contribution >= 0.6 is 0 Å². The molecule has 3 unspecified atom stereocenters. The van der Waals surface area contributed by atoms with E-state index in [-0.39, 0.29) is 6.29 Å². The van der Waals surface area contributed by atoms with Gasteiger partial charge >= 0.3 is 0 Å². The summed E-state index contributed by atoms with van der Waals surface area (Å²) in [4.78, 5) is 0. The molecule has 1 heterocycles. The summed E-state index contributed by atoms with van der Waals surface area (Å²) >= 11 is 0. The van der Waals surface area contributed by atoms with E-state index in [1.807, 2.05) is 0 Å². The first-order chi connectivity index (χ1) is 7.02. The van der Waals surface area contributed by atoms with Crippen LogP contribution in [0.1, 0.15) is 40.5 Å². The standard InChI is InChI=1S/C13H24O2/c1-6-13-14-11(7-9(2)3)8-12(15-13)10(4)5/h6,9-13H,1,7-8H2,2-5H3. The van der Waals surface area contributed by atoms with Crippen LogP contribution in [-0.2, 0) is 9.47 Å². The molecule has 2 nitrogen and oxygen atoms in total. The number of hydrogen-bond donors (Lipinski definition) is 0. The zero-order valence-corrected chi connectivity index (χ0v) is 10.4. The fraction of sp³-hybridized carbons (Fsp3) is 0.846. The molecule has 0 aromatic heterocycles. The van der Waals surface area contributed by atoms with Crippen molar-refractivity contribution in [3.05, 3.63) is 12.7 Å². The molecular weight excluding hydrogens is 188 g/mol. The van der Waals surface area contributed by atoms with Crippen LogP contribution in [0.25, 0.3) is 0 Å². The molecule has 0 aromatic carbocycles. The molecule has 0 aliphatic carbocycles. The maximum Gasteiger partial charge on any atom is 0.177 e. The summed E-state index contributed by atoms with van der Waals surface area (Å²) < 4.78 is 11.6. The quantitative estimate of drug-likeness (QED) is 0.665. The smallest absolute Gasteiger partial charge is 0.177 e. The van der Waals surface area contributed by atoms with Crippen molar-refractivity contribution in [3.63, 3.8) is 0 Å². The van der Waals surface area contributed by atoms with Crippen LogP contribution < -0.4 is 0 Å². The molecule has 1 fully saturated rings. The van der Waals surface area contributed by atoms with Crippen molar-refractivity contribution in [2.24, 2.45) is 11.8 Å². The molecule has 0 radical (unpaired) electrons. The van der Waals surface area contributed by atoms with E-state index in [2.05, 4.69) is 34.3 Å². The number of ether oxygens (including phenoxy) is 2. The summed E-state index contributed by atoms with van der Waals surface area (Å²) in [6.07, 6.45) is 4.30. The average molecular weight is 212 g/mol. The van der Waals surface area contributed by atoms with Gasteiger partial charge in [-0.2, -0.15) is 0 Å². The third-order valence-corrected chi connectivity index (χ3v) is 2.80. The summed E-state index contributed by atoms with van der Waals surface area (Å²) in [5.74, 6) is 1.22. The Hall–Kier alpha value is -0.340. The first-order valence-electron chi connectivity index (χ1n) is 5.96. The molecule has 1 aliphatic rings. The minimum atomic E-state index is -0.213. The highest BCUT2D eigenvalue weighted by atomic mass is 16.7. The Morgan fingerprint density at radius 1 is 1.27 bits per heavy atom. The van der Waals surface area contributed by atoms with Gasteiger partial charge < -0.3 is 9.47 Å². The van der Waals surface area contributed by atoms with E-state index < -0.39 is 0 Å². The fourth-order valence-electron chi connectivity index (χ4n) is 1.98. The van der Waals surface area contributed by atoms with Crippen molar-refractivity contribution in [3.8, 4) is 0 Å². The van der Waals surface area contributed by atoms with Gasteiger partial charge in [-0.3, -0.25) is 0 Å². The highest BCUT2D eigenvalue weighted by Gasteiger charge is 2.30. The predicted octanol–water partition coefficient (Wildman–Crippen LogP) is 3.37. The van der Waals surface area contributed by atoms with Crippen molar-refractivity contribution < 1.29 is 9.47 Å². The first kappa shape index (κ1) is 12.7. The zero-order valence-electron chi connectivity index (χ0n) is 10.4.